The van der Waals surface area contributed by atoms with Crippen LogP contribution in [0.1, 0.15) is 25.5 Å². The van der Waals surface area contributed by atoms with E-state index in [1.54, 1.807) is 24.3 Å². The minimum atomic E-state index is -3.99. The van der Waals surface area contributed by atoms with Gasteiger partial charge in [0.15, 0.2) is 5.15 Å². The quantitative estimate of drug-likeness (QED) is 0.792. The molecule has 0 amide bonds. The van der Waals surface area contributed by atoms with Gasteiger partial charge in [-0.15, -0.1) is 0 Å². The van der Waals surface area contributed by atoms with E-state index in [2.05, 4.69) is 5.10 Å². The van der Waals surface area contributed by atoms with Crippen LogP contribution in [0.15, 0.2) is 29.2 Å². The summed E-state index contributed by atoms with van der Waals surface area (Å²) >= 11 is 6.18. The van der Waals surface area contributed by atoms with Gasteiger partial charge in [-0.1, -0.05) is 31.5 Å². The first-order chi connectivity index (χ1) is 9.75. The minimum Gasteiger partial charge on any atom is -0.497 e. The van der Waals surface area contributed by atoms with Crippen LogP contribution in [0.3, 0.4) is 0 Å². The third kappa shape index (κ3) is 3.17. The Balaban J connectivity index is 2.71. The normalized spacial score (nSPS) is 11.9. The van der Waals surface area contributed by atoms with Crippen molar-refractivity contribution >= 4 is 31.3 Å². The molecule has 1 aromatic carbocycles. The van der Waals surface area contributed by atoms with Crippen LogP contribution in [-0.2, 0) is 9.05 Å². The lowest BCUT2D eigenvalue weighted by Crippen LogP contribution is -1.99. The molecule has 0 atom stereocenters. The Kier molecular flexibility index (Phi) is 4.51. The van der Waals surface area contributed by atoms with Crippen LogP contribution in [0.4, 0.5) is 0 Å². The van der Waals surface area contributed by atoms with Crippen molar-refractivity contribution in [1.29, 1.82) is 0 Å². The number of nitrogens with zero attached hydrogens (tertiary/aromatic N) is 2. The van der Waals surface area contributed by atoms with Crippen LogP contribution in [0, 0.1) is 0 Å². The zero-order valence-electron chi connectivity index (χ0n) is 11.7. The van der Waals surface area contributed by atoms with E-state index in [0.717, 1.165) is 0 Å². The zero-order valence-corrected chi connectivity index (χ0v) is 14.0. The summed E-state index contributed by atoms with van der Waals surface area (Å²) in [5.74, 6) is 0.471. The fourth-order valence-electron chi connectivity index (χ4n) is 1.92. The van der Waals surface area contributed by atoms with Crippen molar-refractivity contribution in [3.05, 3.63) is 35.1 Å². The molecule has 2 aromatic rings. The highest BCUT2D eigenvalue weighted by molar-refractivity contribution is 8.13. The van der Waals surface area contributed by atoms with E-state index in [9.17, 15) is 8.42 Å². The molecule has 0 fully saturated rings. The first-order valence-corrected chi connectivity index (χ1v) is 8.82. The van der Waals surface area contributed by atoms with Gasteiger partial charge in [-0.2, -0.15) is 5.10 Å². The van der Waals surface area contributed by atoms with Gasteiger partial charge in [0.2, 0.25) is 0 Å². The van der Waals surface area contributed by atoms with Crippen molar-refractivity contribution in [1.82, 2.24) is 9.78 Å². The molecule has 2 rings (SSSR count). The summed E-state index contributed by atoms with van der Waals surface area (Å²) in [6.45, 7) is 3.64. The average molecular weight is 349 g/mol. The summed E-state index contributed by atoms with van der Waals surface area (Å²) in [5, 5.41) is 4.25. The number of hydrogen-bond acceptors (Lipinski definition) is 4. The molecule has 114 valence electrons. The van der Waals surface area contributed by atoms with Crippen LogP contribution in [0.25, 0.3) is 5.69 Å². The second kappa shape index (κ2) is 5.87. The highest BCUT2D eigenvalue weighted by Crippen LogP contribution is 2.34. The number of benzene rings is 1. The number of ether oxygens (including phenoxy) is 1. The van der Waals surface area contributed by atoms with Crippen molar-refractivity contribution in [3.8, 4) is 11.4 Å². The molecule has 0 unspecified atom stereocenters. The van der Waals surface area contributed by atoms with Crippen molar-refractivity contribution in [2.24, 2.45) is 0 Å². The van der Waals surface area contributed by atoms with Gasteiger partial charge in [0.25, 0.3) is 9.05 Å². The number of hydrogen-bond donors (Lipinski definition) is 0. The topological polar surface area (TPSA) is 61.2 Å². The van der Waals surface area contributed by atoms with Crippen molar-refractivity contribution in [2.45, 2.75) is 24.7 Å². The molecule has 0 bridgehead atoms. The lowest BCUT2D eigenvalue weighted by molar-refractivity contribution is 0.414. The molecule has 5 nitrogen and oxygen atoms in total. The Morgan fingerprint density at radius 3 is 2.48 bits per heavy atom. The van der Waals surface area contributed by atoms with E-state index in [-0.39, 0.29) is 16.0 Å². The van der Waals surface area contributed by atoms with E-state index in [1.165, 1.54) is 11.8 Å². The molecule has 0 aliphatic carbocycles. The van der Waals surface area contributed by atoms with Crippen LogP contribution in [0.5, 0.6) is 5.75 Å². The Morgan fingerprint density at radius 2 is 2.00 bits per heavy atom. The molecule has 0 aliphatic heterocycles. The Hall–Kier alpha value is -1.24. The molecular formula is C13H14Cl2N2O3S. The van der Waals surface area contributed by atoms with Crippen molar-refractivity contribution in [2.75, 3.05) is 7.11 Å². The maximum atomic E-state index is 11.7. The molecule has 8 heteroatoms. The SMILES string of the molecule is COc1cccc(-n2nc(C(C)C)c(S(=O)(=O)Cl)c2Cl)c1. The lowest BCUT2D eigenvalue weighted by Gasteiger charge is -2.05. The predicted octanol–water partition coefficient (Wildman–Crippen LogP) is 3.59. The van der Waals surface area contributed by atoms with Gasteiger partial charge in [-0.05, 0) is 18.1 Å². The smallest absolute Gasteiger partial charge is 0.266 e. The highest BCUT2D eigenvalue weighted by Gasteiger charge is 2.28. The van der Waals surface area contributed by atoms with Crippen molar-refractivity contribution in [3.63, 3.8) is 0 Å². The summed E-state index contributed by atoms with van der Waals surface area (Å²) in [6, 6.07) is 6.98. The average Bonchev–Trinajstić information content (AvgIpc) is 2.76. The molecule has 1 heterocycles. The monoisotopic (exact) mass is 348 g/mol. The van der Waals surface area contributed by atoms with Crippen LogP contribution < -0.4 is 4.74 Å². The molecule has 0 aliphatic rings. The summed E-state index contributed by atoms with van der Waals surface area (Å²) in [7, 11) is 3.04. The van der Waals surface area contributed by atoms with Gasteiger partial charge < -0.3 is 4.74 Å². The van der Waals surface area contributed by atoms with Crippen LogP contribution in [-0.4, -0.2) is 25.3 Å². The van der Waals surface area contributed by atoms with Crippen molar-refractivity contribution < 1.29 is 13.2 Å². The number of rotatable bonds is 4. The molecule has 0 spiro atoms. The van der Waals surface area contributed by atoms with E-state index < -0.39 is 9.05 Å². The summed E-state index contributed by atoms with van der Waals surface area (Å²) in [4.78, 5) is -0.149. The predicted molar refractivity (Wildman–Crippen MR) is 82.3 cm³/mol. The highest BCUT2D eigenvalue weighted by atomic mass is 35.7. The zero-order chi connectivity index (χ0) is 15.8. The molecule has 0 N–H and O–H groups in total. The minimum absolute atomic E-state index is 0.0399. The molecule has 0 saturated heterocycles. The molecule has 1 aromatic heterocycles. The van der Waals surface area contributed by atoms with Crippen LogP contribution in [0.2, 0.25) is 5.15 Å². The van der Waals surface area contributed by atoms with Gasteiger partial charge in [0.05, 0.1) is 18.5 Å². The Bertz CT molecular complexity index is 770. The lowest BCUT2D eigenvalue weighted by atomic mass is 10.1. The molecule has 0 saturated carbocycles. The largest absolute Gasteiger partial charge is 0.497 e. The second-order valence-electron chi connectivity index (χ2n) is 4.71. The van der Waals surface area contributed by atoms with Gasteiger partial charge in [0.1, 0.15) is 10.6 Å². The van der Waals surface area contributed by atoms with Gasteiger partial charge in [0, 0.05) is 16.7 Å². The molecule has 21 heavy (non-hydrogen) atoms. The van der Waals surface area contributed by atoms with E-state index >= 15 is 0 Å². The first-order valence-electron chi connectivity index (χ1n) is 6.13. The maximum absolute atomic E-state index is 11.7. The fraction of sp³-hybridized carbons (Fsp3) is 0.308. The third-order valence-electron chi connectivity index (χ3n) is 2.90. The number of methoxy groups -OCH3 is 1. The standard InChI is InChI=1S/C13H14Cl2N2O3S/c1-8(2)11-12(21(15,18)19)13(14)17(16-11)9-5-4-6-10(7-9)20-3/h4-8H,1-3H3. The fourth-order valence-corrected chi connectivity index (χ4v) is 3.84. The number of halogens is 2. The van der Waals surface area contributed by atoms with Gasteiger partial charge in [-0.25, -0.2) is 13.1 Å². The van der Waals surface area contributed by atoms with Gasteiger partial charge >= 0.3 is 0 Å². The number of aromatic nitrogens is 2. The molecular weight excluding hydrogens is 335 g/mol. The Labute approximate surface area is 132 Å². The third-order valence-corrected chi connectivity index (χ3v) is 4.72. The van der Waals surface area contributed by atoms with E-state index in [0.29, 0.717) is 17.1 Å². The van der Waals surface area contributed by atoms with Gasteiger partial charge in [-0.3, -0.25) is 0 Å². The summed E-state index contributed by atoms with van der Waals surface area (Å²) < 4.78 is 30.0. The van der Waals surface area contributed by atoms with Crippen LogP contribution >= 0.6 is 22.3 Å². The van der Waals surface area contributed by atoms with E-state index in [4.69, 9.17) is 27.0 Å². The summed E-state index contributed by atoms with van der Waals surface area (Å²) in [5.41, 5.74) is 0.922. The molecule has 0 radical (unpaired) electrons. The Morgan fingerprint density at radius 1 is 1.33 bits per heavy atom. The second-order valence-corrected chi connectivity index (χ2v) is 7.57. The maximum Gasteiger partial charge on any atom is 0.266 e. The first kappa shape index (κ1) is 16.1. The summed E-state index contributed by atoms with van der Waals surface area (Å²) in [6.07, 6.45) is 0. The van der Waals surface area contributed by atoms with E-state index in [1.807, 2.05) is 13.8 Å².